The molecule has 25 heavy (non-hydrogen) atoms. The van der Waals surface area contributed by atoms with E-state index in [0.717, 1.165) is 25.0 Å². The lowest BCUT2D eigenvalue weighted by atomic mass is 9.93. The van der Waals surface area contributed by atoms with Crippen molar-refractivity contribution in [3.63, 3.8) is 0 Å². The minimum Gasteiger partial charge on any atom is -0.335 e. The molecule has 2 aliphatic rings. The molecule has 5 heteroatoms. The van der Waals surface area contributed by atoms with Crippen LogP contribution in [0.15, 0.2) is 18.2 Å². The highest BCUT2D eigenvalue weighted by Crippen LogP contribution is 2.27. The molecule has 0 radical (unpaired) electrons. The van der Waals surface area contributed by atoms with E-state index >= 15 is 0 Å². The van der Waals surface area contributed by atoms with Crippen LogP contribution < -0.4 is 0 Å². The largest absolute Gasteiger partial charge is 0.335 e. The Morgan fingerprint density at radius 1 is 1.28 bits per heavy atom. The van der Waals surface area contributed by atoms with Crippen LogP contribution in [-0.2, 0) is 44.1 Å². The number of benzene rings is 1. The van der Waals surface area contributed by atoms with Crippen LogP contribution >= 0.6 is 0 Å². The van der Waals surface area contributed by atoms with Gasteiger partial charge in [-0.25, -0.2) is 0 Å². The highest BCUT2D eigenvalue weighted by atomic mass is 16.2. The summed E-state index contributed by atoms with van der Waals surface area (Å²) < 4.78 is 1.87. The first-order valence-electron chi connectivity index (χ1n) is 9.43. The molecule has 0 N–H and O–H groups in total. The van der Waals surface area contributed by atoms with Gasteiger partial charge in [-0.15, -0.1) is 5.10 Å². The number of rotatable bonds is 4. The van der Waals surface area contributed by atoms with Crippen molar-refractivity contribution in [2.24, 2.45) is 7.05 Å². The molecule has 0 saturated heterocycles. The molecule has 1 atom stereocenters. The lowest BCUT2D eigenvalue weighted by molar-refractivity contribution is -0.134. The van der Waals surface area contributed by atoms with Crippen LogP contribution in [0.2, 0.25) is 0 Å². The molecule has 0 aliphatic heterocycles. The predicted molar refractivity (Wildman–Crippen MR) is 96.1 cm³/mol. The van der Waals surface area contributed by atoms with Gasteiger partial charge in [0.15, 0.2) is 0 Å². The fourth-order valence-electron chi connectivity index (χ4n) is 4.32. The first-order chi connectivity index (χ1) is 12.2. The van der Waals surface area contributed by atoms with E-state index in [2.05, 4.69) is 33.4 Å². The molecular formula is C20H26N4O. The molecule has 0 fully saturated rings. The number of fused-ring (bicyclic) bond motifs is 2. The maximum absolute atomic E-state index is 12.7. The van der Waals surface area contributed by atoms with Gasteiger partial charge in [0.05, 0.1) is 11.4 Å². The Hall–Kier alpha value is -2.17. The molecule has 1 aromatic carbocycles. The van der Waals surface area contributed by atoms with Crippen molar-refractivity contribution in [2.75, 3.05) is 0 Å². The molecular weight excluding hydrogens is 312 g/mol. The fourth-order valence-corrected chi connectivity index (χ4v) is 4.32. The molecule has 132 valence electrons. The van der Waals surface area contributed by atoms with E-state index in [-0.39, 0.29) is 11.9 Å². The van der Waals surface area contributed by atoms with E-state index in [4.69, 9.17) is 0 Å². The van der Waals surface area contributed by atoms with Gasteiger partial charge in [-0.1, -0.05) is 30.3 Å². The topological polar surface area (TPSA) is 51.0 Å². The van der Waals surface area contributed by atoms with Gasteiger partial charge in [0.25, 0.3) is 0 Å². The van der Waals surface area contributed by atoms with Crippen LogP contribution in [0.3, 0.4) is 0 Å². The van der Waals surface area contributed by atoms with Gasteiger partial charge in [-0.3, -0.25) is 9.48 Å². The Morgan fingerprint density at radius 2 is 2.12 bits per heavy atom. The third kappa shape index (κ3) is 3.08. The van der Waals surface area contributed by atoms with Gasteiger partial charge in [-0.05, 0) is 48.8 Å². The van der Waals surface area contributed by atoms with E-state index < -0.39 is 0 Å². The summed E-state index contributed by atoms with van der Waals surface area (Å²) in [5.41, 5.74) is 6.49. The van der Waals surface area contributed by atoms with Gasteiger partial charge in [-0.2, -0.15) is 0 Å². The average Bonchev–Trinajstić information content (AvgIpc) is 3.25. The zero-order valence-corrected chi connectivity index (χ0v) is 15.2. The van der Waals surface area contributed by atoms with Crippen LogP contribution in [0.25, 0.3) is 0 Å². The molecule has 5 nitrogen and oxygen atoms in total. The predicted octanol–water partition coefficient (Wildman–Crippen LogP) is 2.60. The van der Waals surface area contributed by atoms with Crippen molar-refractivity contribution in [1.29, 1.82) is 0 Å². The summed E-state index contributed by atoms with van der Waals surface area (Å²) in [6, 6.07) is 7.00. The van der Waals surface area contributed by atoms with Crippen LogP contribution in [0.5, 0.6) is 0 Å². The van der Waals surface area contributed by atoms with E-state index in [1.807, 2.05) is 18.7 Å². The summed E-state index contributed by atoms with van der Waals surface area (Å²) in [7, 11) is 1.95. The zero-order chi connectivity index (χ0) is 17.4. The van der Waals surface area contributed by atoms with Crippen molar-refractivity contribution in [3.05, 3.63) is 46.3 Å². The SMILES string of the molecule is CCC(=O)N(Cc1ccc2c(c1)CCC2)C1CCc2c(nnn2C)C1. The monoisotopic (exact) mass is 338 g/mol. The normalized spacial score (nSPS) is 18.7. The van der Waals surface area contributed by atoms with Crippen molar-refractivity contribution in [2.45, 2.75) is 64.5 Å². The Balaban J connectivity index is 1.56. The lowest BCUT2D eigenvalue weighted by Crippen LogP contribution is -2.42. The molecule has 4 rings (SSSR count). The van der Waals surface area contributed by atoms with Crippen molar-refractivity contribution >= 4 is 5.91 Å². The first kappa shape index (κ1) is 16.3. The molecule has 1 unspecified atom stereocenters. The Labute approximate surface area is 149 Å². The summed E-state index contributed by atoms with van der Waals surface area (Å²) in [6.07, 6.45) is 6.94. The van der Waals surface area contributed by atoms with E-state index in [1.54, 1.807) is 0 Å². The maximum atomic E-state index is 12.7. The lowest BCUT2D eigenvalue weighted by Gasteiger charge is -2.34. The Bertz CT molecular complexity index is 795. The maximum Gasteiger partial charge on any atom is 0.222 e. The van der Waals surface area contributed by atoms with Crippen LogP contribution in [-0.4, -0.2) is 31.8 Å². The molecule has 2 aromatic rings. The summed E-state index contributed by atoms with van der Waals surface area (Å²) in [6.45, 7) is 2.66. The van der Waals surface area contributed by atoms with E-state index in [0.29, 0.717) is 13.0 Å². The van der Waals surface area contributed by atoms with Crippen LogP contribution in [0, 0.1) is 0 Å². The number of nitrogens with zero attached hydrogens (tertiary/aromatic N) is 4. The standard InChI is InChI=1S/C20H26N4O/c1-3-20(25)24(13-14-7-8-15-5-4-6-16(15)11-14)17-9-10-19-18(12-17)21-22-23(19)2/h7-8,11,17H,3-6,9-10,12-13H2,1-2H3. The molecule has 1 heterocycles. The van der Waals surface area contributed by atoms with E-state index in [1.165, 1.54) is 41.6 Å². The van der Waals surface area contributed by atoms with Crippen molar-refractivity contribution in [3.8, 4) is 0 Å². The zero-order valence-electron chi connectivity index (χ0n) is 15.2. The number of aromatic nitrogens is 3. The molecule has 1 amide bonds. The highest BCUT2D eigenvalue weighted by molar-refractivity contribution is 5.76. The number of amides is 1. The van der Waals surface area contributed by atoms with Gasteiger partial charge in [0, 0.05) is 32.5 Å². The number of hydrogen-bond acceptors (Lipinski definition) is 3. The second-order valence-electron chi connectivity index (χ2n) is 7.33. The van der Waals surface area contributed by atoms with Crippen LogP contribution in [0.1, 0.15) is 54.3 Å². The summed E-state index contributed by atoms with van der Waals surface area (Å²) in [5.74, 6) is 0.234. The number of carbonyl (C=O) groups excluding carboxylic acids is 1. The molecule has 2 aliphatic carbocycles. The van der Waals surface area contributed by atoms with Crippen LogP contribution in [0.4, 0.5) is 0 Å². The van der Waals surface area contributed by atoms with Gasteiger partial charge in [0.1, 0.15) is 0 Å². The third-order valence-corrected chi connectivity index (χ3v) is 5.75. The quantitative estimate of drug-likeness (QED) is 0.861. The molecule has 1 aromatic heterocycles. The van der Waals surface area contributed by atoms with E-state index in [9.17, 15) is 4.79 Å². The summed E-state index contributed by atoms with van der Waals surface area (Å²) in [4.78, 5) is 14.7. The number of aryl methyl sites for hydroxylation is 3. The average molecular weight is 338 g/mol. The summed E-state index contributed by atoms with van der Waals surface area (Å²) in [5, 5.41) is 8.45. The Kier molecular flexibility index (Phi) is 4.32. The minimum absolute atomic E-state index is 0.227. The number of hydrogen-bond donors (Lipinski definition) is 0. The Morgan fingerprint density at radius 3 is 2.96 bits per heavy atom. The van der Waals surface area contributed by atoms with Crippen molar-refractivity contribution < 1.29 is 4.79 Å². The second-order valence-corrected chi connectivity index (χ2v) is 7.33. The molecule has 0 saturated carbocycles. The van der Waals surface area contributed by atoms with Gasteiger partial charge < -0.3 is 4.90 Å². The summed E-state index contributed by atoms with van der Waals surface area (Å²) >= 11 is 0. The van der Waals surface area contributed by atoms with Crippen molar-refractivity contribution in [1.82, 2.24) is 19.9 Å². The minimum atomic E-state index is 0.227. The third-order valence-electron chi connectivity index (χ3n) is 5.75. The van der Waals surface area contributed by atoms with Gasteiger partial charge >= 0.3 is 0 Å². The first-order valence-corrected chi connectivity index (χ1v) is 9.43. The number of carbonyl (C=O) groups is 1. The second kappa shape index (κ2) is 6.62. The smallest absolute Gasteiger partial charge is 0.222 e. The molecule has 0 bridgehead atoms. The molecule has 0 spiro atoms. The fraction of sp³-hybridized carbons (Fsp3) is 0.550. The highest BCUT2D eigenvalue weighted by Gasteiger charge is 2.30. The van der Waals surface area contributed by atoms with Gasteiger partial charge in [0.2, 0.25) is 5.91 Å².